The van der Waals surface area contributed by atoms with E-state index in [1.54, 1.807) is 42.6 Å². The smallest absolute Gasteiger partial charge is 0.323 e. The van der Waals surface area contributed by atoms with Crippen molar-refractivity contribution in [3.8, 4) is 11.5 Å². The third kappa shape index (κ3) is 3.51. The van der Waals surface area contributed by atoms with Gasteiger partial charge in [0.15, 0.2) is 11.5 Å². The Kier molecular flexibility index (Phi) is 4.16. The molecule has 0 fully saturated rings. The molecule has 0 spiro atoms. The molecule has 0 radical (unpaired) electrons. The zero-order valence-corrected chi connectivity index (χ0v) is 12.3. The Balaban J connectivity index is 1.55. The van der Waals surface area contributed by atoms with Crippen molar-refractivity contribution in [3.05, 3.63) is 59.3 Å². The van der Waals surface area contributed by atoms with E-state index >= 15 is 0 Å². The normalized spacial score (nSPS) is 12.4. The average Bonchev–Trinajstić information content (AvgIpc) is 2.97. The molecular formula is C16H13ClN2O3. The lowest BCUT2D eigenvalue weighted by Crippen LogP contribution is -2.23. The first kappa shape index (κ1) is 14.3. The molecule has 0 unspecified atom stereocenters. The van der Waals surface area contributed by atoms with Crippen LogP contribution in [0.15, 0.2) is 48.7 Å². The summed E-state index contributed by atoms with van der Waals surface area (Å²) in [5, 5.41) is 6.01. The van der Waals surface area contributed by atoms with Crippen LogP contribution in [-0.4, -0.2) is 12.8 Å². The number of anilines is 1. The maximum Gasteiger partial charge on any atom is 0.323 e. The van der Waals surface area contributed by atoms with E-state index in [2.05, 4.69) is 10.6 Å². The van der Waals surface area contributed by atoms with Crippen LogP contribution >= 0.6 is 11.6 Å². The van der Waals surface area contributed by atoms with Crippen molar-refractivity contribution in [1.29, 1.82) is 0 Å². The number of fused-ring (bicyclic) bond motifs is 1. The first-order valence-corrected chi connectivity index (χ1v) is 6.98. The van der Waals surface area contributed by atoms with Crippen molar-refractivity contribution in [3.63, 3.8) is 0 Å². The maximum atomic E-state index is 11.8. The molecule has 0 saturated carbocycles. The Hall–Kier alpha value is -2.66. The van der Waals surface area contributed by atoms with Gasteiger partial charge in [0.05, 0.1) is 0 Å². The topological polar surface area (TPSA) is 59.6 Å². The van der Waals surface area contributed by atoms with Gasteiger partial charge in [0.1, 0.15) is 0 Å². The van der Waals surface area contributed by atoms with Gasteiger partial charge in [-0.25, -0.2) is 4.79 Å². The van der Waals surface area contributed by atoms with Crippen molar-refractivity contribution in [2.75, 3.05) is 12.1 Å². The second-order valence-electron chi connectivity index (χ2n) is 4.55. The molecular weight excluding hydrogens is 304 g/mol. The van der Waals surface area contributed by atoms with E-state index in [1.165, 1.54) is 0 Å². The van der Waals surface area contributed by atoms with Gasteiger partial charge in [-0.05, 0) is 35.9 Å². The monoisotopic (exact) mass is 316 g/mol. The van der Waals surface area contributed by atoms with Gasteiger partial charge in [0.2, 0.25) is 6.79 Å². The van der Waals surface area contributed by atoms with Gasteiger partial charge in [0, 0.05) is 23.0 Å². The minimum absolute atomic E-state index is 0.203. The standard InChI is InChI=1S/C16H13ClN2O3/c17-12-3-1-11(2-4-12)7-8-18-16(20)19-13-5-6-14-15(9-13)22-10-21-14/h1-9H,10H2,(H2,18,19,20)/b8-7+. The van der Waals surface area contributed by atoms with Crippen LogP contribution in [0.3, 0.4) is 0 Å². The highest BCUT2D eigenvalue weighted by Crippen LogP contribution is 2.34. The van der Waals surface area contributed by atoms with Crippen LogP contribution in [-0.2, 0) is 0 Å². The van der Waals surface area contributed by atoms with Gasteiger partial charge < -0.3 is 20.1 Å². The molecule has 0 bridgehead atoms. The summed E-state index contributed by atoms with van der Waals surface area (Å²) >= 11 is 5.80. The van der Waals surface area contributed by atoms with Crippen molar-refractivity contribution >= 4 is 29.4 Å². The van der Waals surface area contributed by atoms with Crippen LogP contribution < -0.4 is 20.1 Å². The summed E-state index contributed by atoms with van der Waals surface area (Å²) in [7, 11) is 0. The van der Waals surface area contributed by atoms with Crippen molar-refractivity contribution < 1.29 is 14.3 Å². The molecule has 1 aliphatic rings. The first-order chi connectivity index (χ1) is 10.7. The molecule has 0 aliphatic carbocycles. The molecule has 1 heterocycles. The molecule has 0 atom stereocenters. The largest absolute Gasteiger partial charge is 0.454 e. The lowest BCUT2D eigenvalue weighted by atomic mass is 10.2. The second-order valence-corrected chi connectivity index (χ2v) is 4.99. The molecule has 0 aromatic heterocycles. The van der Waals surface area contributed by atoms with E-state index in [0.29, 0.717) is 22.2 Å². The Labute approximate surface area is 132 Å². The fourth-order valence-corrected chi connectivity index (χ4v) is 2.05. The van der Waals surface area contributed by atoms with Crippen LogP contribution in [0.1, 0.15) is 5.56 Å². The van der Waals surface area contributed by atoms with Crippen molar-refractivity contribution in [1.82, 2.24) is 5.32 Å². The van der Waals surface area contributed by atoms with E-state index in [-0.39, 0.29) is 12.8 Å². The molecule has 2 amide bonds. The minimum Gasteiger partial charge on any atom is -0.454 e. The Bertz CT molecular complexity index is 714. The summed E-state index contributed by atoms with van der Waals surface area (Å²) in [4.78, 5) is 11.8. The van der Waals surface area contributed by atoms with Gasteiger partial charge >= 0.3 is 6.03 Å². The van der Waals surface area contributed by atoms with Crippen LogP contribution in [0.2, 0.25) is 5.02 Å². The highest BCUT2D eigenvalue weighted by molar-refractivity contribution is 6.30. The van der Waals surface area contributed by atoms with Crippen molar-refractivity contribution in [2.45, 2.75) is 0 Å². The van der Waals surface area contributed by atoms with Gasteiger partial charge in [0.25, 0.3) is 0 Å². The maximum absolute atomic E-state index is 11.8. The lowest BCUT2D eigenvalue weighted by molar-refractivity contribution is 0.174. The van der Waals surface area contributed by atoms with E-state index in [4.69, 9.17) is 21.1 Å². The zero-order chi connectivity index (χ0) is 15.4. The lowest BCUT2D eigenvalue weighted by Gasteiger charge is -2.05. The second kappa shape index (κ2) is 6.41. The fraction of sp³-hybridized carbons (Fsp3) is 0.0625. The molecule has 2 aromatic carbocycles. The van der Waals surface area contributed by atoms with Crippen molar-refractivity contribution in [2.24, 2.45) is 0 Å². The van der Waals surface area contributed by atoms with Gasteiger partial charge in [-0.2, -0.15) is 0 Å². The minimum atomic E-state index is -0.343. The molecule has 0 saturated heterocycles. The average molecular weight is 317 g/mol. The fourth-order valence-electron chi connectivity index (χ4n) is 1.93. The highest BCUT2D eigenvalue weighted by atomic mass is 35.5. The van der Waals surface area contributed by atoms with Gasteiger partial charge in [-0.3, -0.25) is 0 Å². The predicted molar refractivity (Wildman–Crippen MR) is 85.2 cm³/mol. The van der Waals surface area contributed by atoms with E-state index in [0.717, 1.165) is 5.56 Å². The Morgan fingerprint density at radius 1 is 1.09 bits per heavy atom. The Morgan fingerprint density at radius 2 is 1.86 bits per heavy atom. The highest BCUT2D eigenvalue weighted by Gasteiger charge is 2.13. The summed E-state index contributed by atoms with van der Waals surface area (Å²) in [6.07, 6.45) is 3.33. The van der Waals surface area contributed by atoms with E-state index < -0.39 is 0 Å². The zero-order valence-electron chi connectivity index (χ0n) is 11.5. The third-order valence-electron chi connectivity index (χ3n) is 2.99. The Morgan fingerprint density at radius 3 is 2.68 bits per heavy atom. The summed E-state index contributed by atoms with van der Waals surface area (Å²) in [6, 6.07) is 12.2. The number of amides is 2. The molecule has 1 aliphatic heterocycles. The van der Waals surface area contributed by atoms with Gasteiger partial charge in [-0.1, -0.05) is 23.7 Å². The summed E-state index contributed by atoms with van der Waals surface area (Å²) in [5.74, 6) is 1.29. The molecule has 6 heteroatoms. The number of hydrogen-bond acceptors (Lipinski definition) is 3. The quantitative estimate of drug-likeness (QED) is 0.904. The van der Waals surface area contributed by atoms with Gasteiger partial charge in [-0.15, -0.1) is 0 Å². The molecule has 22 heavy (non-hydrogen) atoms. The summed E-state index contributed by atoms with van der Waals surface area (Å²) in [5.41, 5.74) is 1.56. The summed E-state index contributed by atoms with van der Waals surface area (Å²) in [6.45, 7) is 0.203. The van der Waals surface area contributed by atoms with Crippen LogP contribution in [0.25, 0.3) is 6.08 Å². The molecule has 5 nitrogen and oxygen atoms in total. The number of nitrogens with one attached hydrogen (secondary N) is 2. The number of ether oxygens (including phenoxy) is 2. The van der Waals surface area contributed by atoms with Crippen LogP contribution in [0.5, 0.6) is 11.5 Å². The third-order valence-corrected chi connectivity index (χ3v) is 3.24. The number of carbonyl (C=O) groups excluding carboxylic acids is 1. The number of urea groups is 1. The summed E-state index contributed by atoms with van der Waals surface area (Å²) < 4.78 is 10.5. The van der Waals surface area contributed by atoms with E-state index in [1.807, 2.05) is 12.1 Å². The molecule has 3 rings (SSSR count). The number of carbonyl (C=O) groups is 1. The predicted octanol–water partition coefficient (Wildman–Crippen LogP) is 3.86. The number of halogens is 1. The number of benzene rings is 2. The molecule has 2 aromatic rings. The van der Waals surface area contributed by atoms with Crippen LogP contribution in [0.4, 0.5) is 10.5 Å². The SMILES string of the molecule is O=C(N/C=C/c1ccc(Cl)cc1)Nc1ccc2c(c1)OCO2. The van der Waals surface area contributed by atoms with Crippen LogP contribution in [0, 0.1) is 0 Å². The molecule has 112 valence electrons. The number of rotatable bonds is 3. The van der Waals surface area contributed by atoms with E-state index in [9.17, 15) is 4.79 Å². The number of hydrogen-bond donors (Lipinski definition) is 2. The molecule has 2 N–H and O–H groups in total. The first-order valence-electron chi connectivity index (χ1n) is 6.60.